The summed E-state index contributed by atoms with van der Waals surface area (Å²) < 4.78 is 28.8. The van der Waals surface area contributed by atoms with Crippen molar-refractivity contribution in [3.8, 4) is 11.1 Å². The van der Waals surface area contributed by atoms with E-state index in [9.17, 15) is 8.42 Å². The Hall–Kier alpha value is -2.64. The van der Waals surface area contributed by atoms with Crippen molar-refractivity contribution in [2.24, 2.45) is 0 Å². The van der Waals surface area contributed by atoms with Crippen molar-refractivity contribution in [3.05, 3.63) is 65.1 Å². The highest BCUT2D eigenvalue weighted by Crippen LogP contribution is 2.31. The highest BCUT2D eigenvalue weighted by molar-refractivity contribution is 7.90. The van der Waals surface area contributed by atoms with Crippen molar-refractivity contribution in [3.63, 3.8) is 0 Å². The average molecular weight is 384 g/mol. The molecule has 0 amide bonds. The highest BCUT2D eigenvalue weighted by atomic mass is 32.2. The molecule has 0 aliphatic carbocycles. The van der Waals surface area contributed by atoms with Gasteiger partial charge in [0.2, 0.25) is 0 Å². The molecule has 0 aliphatic heterocycles. The van der Waals surface area contributed by atoms with Gasteiger partial charge in [-0.3, -0.25) is 0 Å². The van der Waals surface area contributed by atoms with Gasteiger partial charge in [0.15, 0.2) is 15.4 Å². The average Bonchev–Trinajstić information content (AvgIpc) is 3.28. The van der Waals surface area contributed by atoms with Crippen LogP contribution < -0.4 is 5.32 Å². The Bertz CT molecular complexity index is 1150. The Kier molecular flexibility index (Phi) is 4.26. The summed E-state index contributed by atoms with van der Waals surface area (Å²) in [6, 6.07) is 14.6. The summed E-state index contributed by atoms with van der Waals surface area (Å²) in [5.74, 6) is 0.765. The summed E-state index contributed by atoms with van der Waals surface area (Å²) in [5, 5.41) is 5.36. The van der Waals surface area contributed by atoms with E-state index in [0.29, 0.717) is 17.0 Å². The standard InChI is InChI=1S/C19H16N2O3S2/c1-26(22,23)15-6-4-13(5-7-15)16-12-24-17-8-9-18(21-19(16)17)20-11-14-3-2-10-25-14/h2-10,12H,11H2,1H3,(H,20,21). The lowest BCUT2D eigenvalue weighted by atomic mass is 10.1. The van der Waals surface area contributed by atoms with Crippen molar-refractivity contribution in [1.82, 2.24) is 4.98 Å². The molecule has 0 aliphatic rings. The van der Waals surface area contributed by atoms with E-state index in [2.05, 4.69) is 16.4 Å². The Balaban J connectivity index is 1.66. The van der Waals surface area contributed by atoms with Gasteiger partial charge in [0.25, 0.3) is 0 Å². The van der Waals surface area contributed by atoms with Gasteiger partial charge >= 0.3 is 0 Å². The number of benzene rings is 1. The van der Waals surface area contributed by atoms with Crippen LogP contribution >= 0.6 is 11.3 Å². The summed E-state index contributed by atoms with van der Waals surface area (Å²) in [5.41, 5.74) is 3.13. The Morgan fingerprint density at radius 2 is 1.92 bits per heavy atom. The van der Waals surface area contributed by atoms with E-state index in [1.807, 2.05) is 23.6 Å². The smallest absolute Gasteiger partial charge is 0.175 e. The molecular weight excluding hydrogens is 368 g/mol. The lowest BCUT2D eigenvalue weighted by Gasteiger charge is -2.05. The molecule has 4 rings (SSSR count). The minimum absolute atomic E-state index is 0.292. The van der Waals surface area contributed by atoms with Crippen LogP contribution in [0.2, 0.25) is 0 Å². The van der Waals surface area contributed by atoms with Crippen molar-refractivity contribution < 1.29 is 12.8 Å². The number of anilines is 1. The van der Waals surface area contributed by atoms with Gasteiger partial charge in [-0.05, 0) is 41.3 Å². The third-order valence-corrected chi connectivity index (χ3v) is 6.04. The fourth-order valence-corrected chi connectivity index (χ4v) is 3.96. The minimum atomic E-state index is -3.21. The Morgan fingerprint density at radius 1 is 1.12 bits per heavy atom. The molecule has 5 nitrogen and oxygen atoms in total. The molecule has 0 saturated carbocycles. The van der Waals surface area contributed by atoms with E-state index >= 15 is 0 Å². The van der Waals surface area contributed by atoms with Crippen molar-refractivity contribution in [2.45, 2.75) is 11.4 Å². The summed E-state index contributed by atoms with van der Waals surface area (Å²) in [6.45, 7) is 0.715. The number of hydrogen-bond acceptors (Lipinski definition) is 6. The number of hydrogen-bond donors (Lipinski definition) is 1. The maximum absolute atomic E-state index is 11.6. The first-order valence-corrected chi connectivity index (χ1v) is 10.7. The number of thiophene rings is 1. The van der Waals surface area contributed by atoms with Gasteiger partial charge in [-0.2, -0.15) is 0 Å². The van der Waals surface area contributed by atoms with E-state index in [4.69, 9.17) is 4.42 Å². The number of furan rings is 1. The van der Waals surface area contributed by atoms with Crippen LogP contribution in [-0.2, 0) is 16.4 Å². The van der Waals surface area contributed by atoms with Crippen LogP contribution in [0.3, 0.4) is 0 Å². The first kappa shape index (κ1) is 16.8. The predicted octanol–water partition coefficient (Wildman–Crippen LogP) is 4.57. The second kappa shape index (κ2) is 6.59. The van der Waals surface area contributed by atoms with E-state index in [1.165, 1.54) is 11.1 Å². The van der Waals surface area contributed by atoms with Crippen LogP contribution in [0.4, 0.5) is 5.82 Å². The van der Waals surface area contributed by atoms with Crippen LogP contribution in [0.1, 0.15) is 4.88 Å². The topological polar surface area (TPSA) is 72.2 Å². The molecule has 0 unspecified atom stereocenters. The number of nitrogens with zero attached hydrogens (tertiary/aromatic N) is 1. The molecule has 0 atom stereocenters. The number of sulfone groups is 1. The Morgan fingerprint density at radius 3 is 2.62 bits per heavy atom. The zero-order valence-corrected chi connectivity index (χ0v) is 15.6. The predicted molar refractivity (Wildman–Crippen MR) is 104 cm³/mol. The van der Waals surface area contributed by atoms with Gasteiger partial charge in [0.1, 0.15) is 17.6 Å². The van der Waals surface area contributed by atoms with Crippen molar-refractivity contribution >= 4 is 38.1 Å². The van der Waals surface area contributed by atoms with Crippen molar-refractivity contribution in [1.29, 1.82) is 0 Å². The quantitative estimate of drug-likeness (QED) is 0.546. The van der Waals surface area contributed by atoms with E-state index in [0.717, 1.165) is 22.5 Å². The fraction of sp³-hybridized carbons (Fsp3) is 0.105. The monoisotopic (exact) mass is 384 g/mol. The van der Waals surface area contributed by atoms with Crippen LogP contribution in [0, 0.1) is 0 Å². The minimum Gasteiger partial charge on any atom is -0.462 e. The van der Waals surface area contributed by atoms with Crippen LogP contribution in [0.15, 0.2) is 69.5 Å². The molecular formula is C19H16N2O3S2. The van der Waals surface area contributed by atoms with Gasteiger partial charge in [-0.1, -0.05) is 18.2 Å². The summed E-state index contributed by atoms with van der Waals surface area (Å²) in [4.78, 5) is 6.19. The maximum atomic E-state index is 11.6. The highest BCUT2D eigenvalue weighted by Gasteiger charge is 2.12. The lowest BCUT2D eigenvalue weighted by molar-refractivity contribution is 0.602. The number of rotatable bonds is 5. The van der Waals surface area contributed by atoms with Crippen LogP contribution in [-0.4, -0.2) is 19.7 Å². The molecule has 3 heterocycles. The summed E-state index contributed by atoms with van der Waals surface area (Å²) in [7, 11) is -3.21. The first-order valence-electron chi connectivity index (χ1n) is 7.96. The first-order chi connectivity index (χ1) is 12.5. The van der Waals surface area contributed by atoms with Gasteiger partial charge < -0.3 is 9.73 Å². The molecule has 26 heavy (non-hydrogen) atoms. The Labute approximate surface area is 155 Å². The van der Waals surface area contributed by atoms with E-state index in [-0.39, 0.29) is 0 Å². The van der Waals surface area contributed by atoms with Crippen LogP contribution in [0.5, 0.6) is 0 Å². The molecule has 132 valence electrons. The van der Waals surface area contributed by atoms with Crippen LogP contribution in [0.25, 0.3) is 22.2 Å². The molecule has 7 heteroatoms. The third-order valence-electron chi connectivity index (χ3n) is 4.03. The van der Waals surface area contributed by atoms with Gasteiger partial charge in [0, 0.05) is 16.7 Å². The van der Waals surface area contributed by atoms with Gasteiger partial charge in [-0.15, -0.1) is 11.3 Å². The molecule has 4 aromatic rings. The largest absolute Gasteiger partial charge is 0.462 e. The maximum Gasteiger partial charge on any atom is 0.175 e. The number of aromatic nitrogens is 1. The molecule has 0 bridgehead atoms. The third kappa shape index (κ3) is 3.36. The second-order valence-corrected chi connectivity index (χ2v) is 8.97. The van der Waals surface area contributed by atoms with Crippen molar-refractivity contribution in [2.75, 3.05) is 11.6 Å². The lowest BCUT2D eigenvalue weighted by Crippen LogP contribution is -1.99. The molecule has 0 spiro atoms. The SMILES string of the molecule is CS(=O)(=O)c1ccc(-c2coc3ccc(NCc4cccs4)nc23)cc1. The zero-order chi connectivity index (χ0) is 18.1. The van der Waals surface area contributed by atoms with E-state index in [1.54, 1.807) is 41.9 Å². The zero-order valence-electron chi connectivity index (χ0n) is 14.0. The van der Waals surface area contributed by atoms with E-state index < -0.39 is 9.84 Å². The van der Waals surface area contributed by atoms with Gasteiger partial charge in [-0.25, -0.2) is 13.4 Å². The summed E-state index contributed by atoms with van der Waals surface area (Å²) in [6.07, 6.45) is 2.85. The molecule has 0 fully saturated rings. The molecule has 0 radical (unpaired) electrons. The summed E-state index contributed by atoms with van der Waals surface area (Å²) >= 11 is 1.69. The van der Waals surface area contributed by atoms with Gasteiger partial charge in [0.05, 0.1) is 11.4 Å². The number of nitrogens with one attached hydrogen (secondary N) is 1. The normalized spacial score (nSPS) is 11.7. The molecule has 3 aromatic heterocycles. The second-order valence-electron chi connectivity index (χ2n) is 5.92. The number of pyridine rings is 1. The molecule has 1 N–H and O–H groups in total. The molecule has 0 saturated heterocycles. The molecule has 1 aromatic carbocycles. The fourth-order valence-electron chi connectivity index (χ4n) is 2.69. The number of fused-ring (bicyclic) bond motifs is 1.